The number of nitrogens with zero attached hydrogens (tertiary/aromatic N) is 1. The molecular weight excluding hydrogens is 318 g/mol. The molecule has 0 bridgehead atoms. The molecule has 1 heterocycles. The summed E-state index contributed by atoms with van der Waals surface area (Å²) < 4.78 is 22.9. The lowest BCUT2D eigenvalue weighted by Gasteiger charge is -2.22. The lowest BCUT2D eigenvalue weighted by atomic mass is 10.2. The van der Waals surface area contributed by atoms with Gasteiger partial charge in [-0.3, -0.25) is 15.0 Å². The summed E-state index contributed by atoms with van der Waals surface area (Å²) in [4.78, 5) is 25.2. The Labute approximate surface area is 136 Å². The minimum atomic E-state index is -2.99. The number of benzene rings is 1. The summed E-state index contributed by atoms with van der Waals surface area (Å²) in [6.07, 6.45) is 0.520. The number of carbonyl (C=O) groups excluding carboxylic acids is 2. The Morgan fingerprint density at radius 1 is 1.26 bits per heavy atom. The third kappa shape index (κ3) is 5.65. The highest BCUT2D eigenvalue weighted by Gasteiger charge is 2.31. The van der Waals surface area contributed by atoms with Crippen molar-refractivity contribution in [3.8, 4) is 0 Å². The maximum atomic E-state index is 11.8. The molecule has 3 amide bonds. The SMILES string of the molecule is CN(CC(=O)NC(=O)NCc1ccccc1)[C@H]1CCS(=O)(=O)C1. The summed E-state index contributed by atoms with van der Waals surface area (Å²) in [7, 11) is -1.30. The van der Waals surface area contributed by atoms with Gasteiger partial charge < -0.3 is 5.32 Å². The molecule has 1 aliphatic rings. The molecule has 1 aliphatic heterocycles. The molecule has 0 aromatic heterocycles. The molecule has 0 radical (unpaired) electrons. The van der Waals surface area contributed by atoms with Crippen LogP contribution in [-0.2, 0) is 21.2 Å². The highest BCUT2D eigenvalue weighted by Crippen LogP contribution is 2.15. The van der Waals surface area contributed by atoms with E-state index in [4.69, 9.17) is 0 Å². The lowest BCUT2D eigenvalue weighted by Crippen LogP contribution is -2.46. The van der Waals surface area contributed by atoms with Crippen LogP contribution in [-0.4, -0.2) is 56.4 Å². The van der Waals surface area contributed by atoms with Crippen LogP contribution in [0.1, 0.15) is 12.0 Å². The Hall–Kier alpha value is -1.93. The summed E-state index contributed by atoms with van der Waals surface area (Å²) in [6, 6.07) is 8.62. The molecule has 0 aliphatic carbocycles. The van der Waals surface area contributed by atoms with Gasteiger partial charge >= 0.3 is 6.03 Å². The van der Waals surface area contributed by atoms with Crippen molar-refractivity contribution in [2.24, 2.45) is 0 Å². The Morgan fingerprint density at radius 3 is 2.57 bits per heavy atom. The highest BCUT2D eigenvalue weighted by molar-refractivity contribution is 7.91. The molecule has 0 saturated carbocycles. The standard InChI is InChI=1S/C15H21N3O4S/c1-18(13-7-8-23(21,22)11-13)10-14(19)17-15(20)16-9-12-5-3-2-4-6-12/h2-6,13H,7-11H2,1H3,(H2,16,17,19,20)/t13-/m0/s1. The second-order valence-corrected chi connectivity index (χ2v) is 7.92. The molecule has 7 nitrogen and oxygen atoms in total. The van der Waals surface area contributed by atoms with E-state index in [0.717, 1.165) is 5.56 Å². The van der Waals surface area contributed by atoms with Gasteiger partial charge in [-0.15, -0.1) is 0 Å². The van der Waals surface area contributed by atoms with Gasteiger partial charge in [-0.2, -0.15) is 0 Å². The Morgan fingerprint density at radius 2 is 1.96 bits per heavy atom. The van der Waals surface area contributed by atoms with Crippen LogP contribution in [0.15, 0.2) is 30.3 Å². The monoisotopic (exact) mass is 339 g/mol. The van der Waals surface area contributed by atoms with E-state index in [-0.39, 0.29) is 24.1 Å². The van der Waals surface area contributed by atoms with E-state index in [1.54, 1.807) is 11.9 Å². The Balaban J connectivity index is 1.72. The first-order valence-corrected chi connectivity index (χ1v) is 9.20. The second kappa shape index (κ2) is 7.56. The number of likely N-dealkylation sites (N-methyl/N-ethyl adjacent to an activating group) is 1. The van der Waals surface area contributed by atoms with E-state index in [2.05, 4.69) is 10.6 Å². The molecule has 0 spiro atoms. The van der Waals surface area contributed by atoms with Gasteiger partial charge in [0.05, 0.1) is 18.1 Å². The van der Waals surface area contributed by atoms with Gasteiger partial charge in [-0.25, -0.2) is 13.2 Å². The van der Waals surface area contributed by atoms with Crippen LogP contribution in [0, 0.1) is 0 Å². The topological polar surface area (TPSA) is 95.6 Å². The van der Waals surface area contributed by atoms with Crippen molar-refractivity contribution in [1.29, 1.82) is 0 Å². The number of nitrogens with one attached hydrogen (secondary N) is 2. The van der Waals surface area contributed by atoms with Gasteiger partial charge in [-0.05, 0) is 19.0 Å². The summed E-state index contributed by atoms with van der Waals surface area (Å²) in [6.45, 7) is 0.315. The average molecular weight is 339 g/mol. The van der Waals surface area contributed by atoms with Gasteiger partial charge in [0.2, 0.25) is 5.91 Å². The normalized spacial score (nSPS) is 19.5. The molecule has 1 fully saturated rings. The van der Waals surface area contributed by atoms with E-state index in [9.17, 15) is 18.0 Å². The fourth-order valence-corrected chi connectivity index (χ4v) is 4.27. The van der Waals surface area contributed by atoms with Crippen LogP contribution in [0.4, 0.5) is 4.79 Å². The van der Waals surface area contributed by atoms with E-state index in [0.29, 0.717) is 13.0 Å². The first-order valence-electron chi connectivity index (χ1n) is 7.38. The van der Waals surface area contributed by atoms with Crippen LogP contribution in [0.2, 0.25) is 0 Å². The minimum absolute atomic E-state index is 0.0149. The largest absolute Gasteiger partial charge is 0.334 e. The molecule has 2 N–H and O–H groups in total. The fraction of sp³-hybridized carbons (Fsp3) is 0.467. The molecule has 8 heteroatoms. The number of urea groups is 1. The summed E-state index contributed by atoms with van der Waals surface area (Å²) in [5.41, 5.74) is 0.934. The third-order valence-electron chi connectivity index (χ3n) is 3.77. The van der Waals surface area contributed by atoms with Crippen molar-refractivity contribution < 1.29 is 18.0 Å². The lowest BCUT2D eigenvalue weighted by molar-refractivity contribution is -0.121. The Kier molecular flexibility index (Phi) is 5.73. The fourth-order valence-electron chi connectivity index (χ4n) is 2.47. The van der Waals surface area contributed by atoms with Crippen LogP contribution < -0.4 is 10.6 Å². The number of hydrogen-bond acceptors (Lipinski definition) is 5. The number of imide groups is 1. The number of carbonyl (C=O) groups is 2. The van der Waals surface area contributed by atoms with Crippen molar-refractivity contribution in [3.05, 3.63) is 35.9 Å². The number of hydrogen-bond donors (Lipinski definition) is 2. The predicted molar refractivity (Wildman–Crippen MR) is 86.5 cm³/mol. The van der Waals surface area contributed by atoms with Crippen molar-refractivity contribution >= 4 is 21.8 Å². The van der Waals surface area contributed by atoms with Crippen LogP contribution in [0.5, 0.6) is 0 Å². The zero-order valence-electron chi connectivity index (χ0n) is 13.0. The zero-order chi connectivity index (χ0) is 16.9. The smallest absolute Gasteiger partial charge is 0.321 e. The molecular formula is C15H21N3O4S. The van der Waals surface area contributed by atoms with Gasteiger partial charge in [-0.1, -0.05) is 30.3 Å². The maximum absolute atomic E-state index is 11.8. The summed E-state index contributed by atoms with van der Waals surface area (Å²) >= 11 is 0. The van der Waals surface area contributed by atoms with Crippen molar-refractivity contribution in [1.82, 2.24) is 15.5 Å². The van der Waals surface area contributed by atoms with Crippen LogP contribution >= 0.6 is 0 Å². The molecule has 23 heavy (non-hydrogen) atoms. The summed E-state index contributed by atoms with van der Waals surface area (Å²) in [5.74, 6) is -0.236. The molecule has 1 aromatic rings. The van der Waals surface area contributed by atoms with Crippen molar-refractivity contribution in [3.63, 3.8) is 0 Å². The van der Waals surface area contributed by atoms with Gasteiger partial charge in [0.1, 0.15) is 0 Å². The highest BCUT2D eigenvalue weighted by atomic mass is 32.2. The van der Waals surface area contributed by atoms with Gasteiger partial charge in [0, 0.05) is 12.6 Å². The quantitative estimate of drug-likeness (QED) is 0.795. The average Bonchev–Trinajstić information content (AvgIpc) is 2.86. The van der Waals surface area contributed by atoms with Crippen LogP contribution in [0.3, 0.4) is 0 Å². The molecule has 0 unspecified atom stereocenters. The first kappa shape index (κ1) is 17.4. The maximum Gasteiger partial charge on any atom is 0.321 e. The van der Waals surface area contributed by atoms with E-state index in [1.807, 2.05) is 30.3 Å². The third-order valence-corrected chi connectivity index (χ3v) is 5.52. The molecule has 2 rings (SSSR count). The minimum Gasteiger partial charge on any atom is -0.334 e. The number of rotatable bonds is 5. The van der Waals surface area contributed by atoms with Gasteiger partial charge in [0.25, 0.3) is 0 Å². The number of amides is 3. The van der Waals surface area contributed by atoms with Gasteiger partial charge in [0.15, 0.2) is 9.84 Å². The molecule has 1 aromatic carbocycles. The number of sulfone groups is 1. The Bertz CT molecular complexity index is 661. The van der Waals surface area contributed by atoms with Crippen molar-refractivity contribution in [2.75, 3.05) is 25.1 Å². The van der Waals surface area contributed by atoms with E-state index in [1.165, 1.54) is 0 Å². The van der Waals surface area contributed by atoms with E-state index >= 15 is 0 Å². The van der Waals surface area contributed by atoms with E-state index < -0.39 is 21.8 Å². The van der Waals surface area contributed by atoms with Crippen molar-refractivity contribution in [2.45, 2.75) is 19.0 Å². The molecule has 1 saturated heterocycles. The molecule has 1 atom stereocenters. The first-order chi connectivity index (χ1) is 10.9. The predicted octanol–water partition coefficient (Wildman–Crippen LogP) is 0.131. The van der Waals surface area contributed by atoms with Crippen LogP contribution in [0.25, 0.3) is 0 Å². The summed E-state index contributed by atoms with van der Waals surface area (Å²) in [5, 5.41) is 4.85. The molecule has 126 valence electrons. The zero-order valence-corrected chi connectivity index (χ0v) is 13.8. The second-order valence-electron chi connectivity index (χ2n) is 5.69.